The number of nitrogens with two attached hydrogens (primary N) is 1. The zero-order valence-corrected chi connectivity index (χ0v) is 13.2. The number of carbonyl (C=O) groups excluding carboxylic acids is 1. The van der Waals surface area contributed by atoms with Gasteiger partial charge in [0.25, 0.3) is 5.91 Å². The van der Waals surface area contributed by atoms with Gasteiger partial charge in [0.05, 0.1) is 15.7 Å². The van der Waals surface area contributed by atoms with Crippen LogP contribution in [0.15, 0.2) is 12.1 Å². The van der Waals surface area contributed by atoms with Crippen molar-refractivity contribution in [2.75, 3.05) is 12.3 Å². The standard InChI is InChI=1S/C14H20Cl2N2O/c1-8(2)14(3,4)7-18-13(19)9-5-10(15)12(17)11(16)6-9/h5-6,8H,7,17H2,1-4H3,(H,18,19). The summed E-state index contributed by atoms with van der Waals surface area (Å²) in [6, 6.07) is 3.06. The van der Waals surface area contributed by atoms with E-state index in [1.54, 1.807) is 0 Å². The number of carbonyl (C=O) groups is 1. The van der Waals surface area contributed by atoms with Gasteiger partial charge >= 0.3 is 0 Å². The van der Waals surface area contributed by atoms with Crippen molar-refractivity contribution in [1.82, 2.24) is 5.32 Å². The largest absolute Gasteiger partial charge is 0.396 e. The average molecular weight is 303 g/mol. The molecule has 3 nitrogen and oxygen atoms in total. The van der Waals surface area contributed by atoms with Crippen LogP contribution in [0, 0.1) is 11.3 Å². The van der Waals surface area contributed by atoms with E-state index >= 15 is 0 Å². The third-order valence-corrected chi connectivity index (χ3v) is 4.23. The molecule has 19 heavy (non-hydrogen) atoms. The number of halogens is 2. The lowest BCUT2D eigenvalue weighted by atomic mass is 9.81. The predicted octanol–water partition coefficient (Wildman–Crippen LogP) is 3.99. The van der Waals surface area contributed by atoms with Crippen LogP contribution in [0.1, 0.15) is 38.1 Å². The zero-order chi connectivity index (χ0) is 14.8. The van der Waals surface area contributed by atoms with Gasteiger partial charge in [-0.25, -0.2) is 0 Å². The Kier molecular flexibility index (Phi) is 5.11. The monoisotopic (exact) mass is 302 g/mol. The lowest BCUT2D eigenvalue weighted by molar-refractivity contribution is 0.0925. The van der Waals surface area contributed by atoms with Crippen LogP contribution in [0.4, 0.5) is 5.69 Å². The van der Waals surface area contributed by atoms with Gasteiger partial charge in [-0.2, -0.15) is 0 Å². The molecule has 0 unspecified atom stereocenters. The maximum absolute atomic E-state index is 12.1. The van der Waals surface area contributed by atoms with Crippen molar-refractivity contribution < 1.29 is 4.79 Å². The summed E-state index contributed by atoms with van der Waals surface area (Å²) in [7, 11) is 0. The first kappa shape index (κ1) is 16.1. The first-order valence-electron chi connectivity index (χ1n) is 6.18. The van der Waals surface area contributed by atoms with Gasteiger partial charge in [-0.15, -0.1) is 0 Å². The molecule has 1 amide bonds. The second-order valence-electron chi connectivity index (χ2n) is 5.68. The summed E-state index contributed by atoms with van der Waals surface area (Å²) >= 11 is 11.8. The van der Waals surface area contributed by atoms with Crippen molar-refractivity contribution in [2.45, 2.75) is 27.7 Å². The smallest absolute Gasteiger partial charge is 0.251 e. The maximum Gasteiger partial charge on any atom is 0.251 e. The normalized spacial score (nSPS) is 11.7. The third-order valence-electron chi connectivity index (χ3n) is 3.61. The van der Waals surface area contributed by atoms with E-state index < -0.39 is 0 Å². The number of nitrogens with one attached hydrogen (secondary N) is 1. The van der Waals surface area contributed by atoms with Crippen LogP contribution in [0.2, 0.25) is 10.0 Å². The van der Waals surface area contributed by atoms with Crippen LogP contribution in [0.5, 0.6) is 0 Å². The number of hydrogen-bond donors (Lipinski definition) is 2. The Hall–Kier alpha value is -0.930. The molecule has 0 atom stereocenters. The summed E-state index contributed by atoms with van der Waals surface area (Å²) < 4.78 is 0. The average Bonchev–Trinajstić information content (AvgIpc) is 2.32. The van der Waals surface area contributed by atoms with Crippen LogP contribution >= 0.6 is 23.2 Å². The second kappa shape index (κ2) is 6.02. The molecule has 0 aliphatic carbocycles. The molecule has 0 spiro atoms. The summed E-state index contributed by atoms with van der Waals surface area (Å²) in [6.45, 7) is 9.07. The highest BCUT2D eigenvalue weighted by Gasteiger charge is 2.23. The summed E-state index contributed by atoms with van der Waals surface area (Å²) in [4.78, 5) is 12.1. The Labute approximate surface area is 124 Å². The van der Waals surface area contributed by atoms with Gasteiger partial charge in [0.1, 0.15) is 0 Å². The molecule has 0 aliphatic rings. The first-order valence-corrected chi connectivity index (χ1v) is 6.93. The number of amides is 1. The van der Waals surface area contributed by atoms with Gasteiger partial charge in [-0.05, 0) is 23.5 Å². The zero-order valence-electron chi connectivity index (χ0n) is 11.7. The van der Waals surface area contributed by atoms with Crippen molar-refractivity contribution in [3.63, 3.8) is 0 Å². The fraction of sp³-hybridized carbons (Fsp3) is 0.500. The van der Waals surface area contributed by atoms with Gasteiger partial charge in [0.2, 0.25) is 0 Å². The van der Waals surface area contributed by atoms with Crippen LogP contribution in [-0.4, -0.2) is 12.5 Å². The number of benzene rings is 1. The van der Waals surface area contributed by atoms with Gasteiger partial charge in [-0.3, -0.25) is 4.79 Å². The molecule has 0 aromatic heterocycles. The van der Waals surface area contributed by atoms with E-state index in [9.17, 15) is 4.79 Å². The molecule has 0 fully saturated rings. The lowest BCUT2D eigenvalue weighted by Crippen LogP contribution is -2.37. The molecule has 3 N–H and O–H groups in total. The molecule has 1 aromatic carbocycles. The van der Waals surface area contributed by atoms with Crippen molar-refractivity contribution in [3.8, 4) is 0 Å². The molecule has 0 bridgehead atoms. The van der Waals surface area contributed by atoms with Gasteiger partial charge in [0.15, 0.2) is 0 Å². The quantitative estimate of drug-likeness (QED) is 0.826. The topological polar surface area (TPSA) is 55.1 Å². The Morgan fingerprint density at radius 1 is 1.32 bits per heavy atom. The highest BCUT2D eigenvalue weighted by molar-refractivity contribution is 6.39. The summed E-state index contributed by atoms with van der Waals surface area (Å²) in [5, 5.41) is 3.48. The fourth-order valence-electron chi connectivity index (χ4n) is 1.33. The van der Waals surface area contributed by atoms with Crippen molar-refractivity contribution >= 4 is 34.8 Å². The minimum Gasteiger partial charge on any atom is -0.396 e. The van der Waals surface area contributed by atoms with E-state index in [1.807, 2.05) is 0 Å². The summed E-state index contributed by atoms with van der Waals surface area (Å²) in [5.41, 5.74) is 6.38. The molecule has 5 heteroatoms. The number of rotatable bonds is 4. The number of nitrogen functional groups attached to an aromatic ring is 1. The molecule has 1 aromatic rings. The highest BCUT2D eigenvalue weighted by atomic mass is 35.5. The van der Waals surface area contributed by atoms with Crippen molar-refractivity contribution in [1.29, 1.82) is 0 Å². The Morgan fingerprint density at radius 2 is 1.79 bits per heavy atom. The van der Waals surface area contributed by atoms with E-state index in [-0.39, 0.29) is 11.3 Å². The van der Waals surface area contributed by atoms with E-state index in [0.29, 0.717) is 33.8 Å². The van der Waals surface area contributed by atoms with Crippen LogP contribution in [-0.2, 0) is 0 Å². The van der Waals surface area contributed by atoms with Crippen molar-refractivity contribution in [2.24, 2.45) is 11.3 Å². The molecule has 0 saturated heterocycles. The van der Waals surface area contributed by atoms with Gasteiger partial charge in [0, 0.05) is 12.1 Å². The molecule has 0 saturated carbocycles. The minimum atomic E-state index is -0.197. The van der Waals surface area contributed by atoms with Crippen LogP contribution < -0.4 is 11.1 Å². The van der Waals surface area contributed by atoms with Crippen molar-refractivity contribution in [3.05, 3.63) is 27.7 Å². The Balaban J connectivity index is 2.80. The van der Waals surface area contributed by atoms with E-state index in [2.05, 4.69) is 33.0 Å². The molecule has 106 valence electrons. The highest BCUT2D eigenvalue weighted by Crippen LogP contribution is 2.29. The maximum atomic E-state index is 12.1. The SMILES string of the molecule is CC(C)C(C)(C)CNC(=O)c1cc(Cl)c(N)c(Cl)c1. The Morgan fingerprint density at radius 3 is 2.21 bits per heavy atom. The number of anilines is 1. The third kappa shape index (κ3) is 4.02. The molecule has 0 aliphatic heterocycles. The predicted molar refractivity (Wildman–Crippen MR) is 81.8 cm³/mol. The molecular weight excluding hydrogens is 283 g/mol. The summed E-state index contributed by atoms with van der Waals surface area (Å²) in [5.74, 6) is 0.268. The van der Waals surface area contributed by atoms with E-state index in [1.165, 1.54) is 12.1 Å². The lowest BCUT2D eigenvalue weighted by Gasteiger charge is -2.29. The van der Waals surface area contributed by atoms with E-state index in [4.69, 9.17) is 28.9 Å². The number of hydrogen-bond acceptors (Lipinski definition) is 2. The van der Waals surface area contributed by atoms with Crippen LogP contribution in [0.3, 0.4) is 0 Å². The van der Waals surface area contributed by atoms with Crippen LogP contribution in [0.25, 0.3) is 0 Å². The molecule has 0 heterocycles. The minimum absolute atomic E-state index is 0.0249. The molecule has 1 rings (SSSR count). The Bertz CT molecular complexity index is 461. The van der Waals surface area contributed by atoms with E-state index in [0.717, 1.165) is 0 Å². The molecule has 0 radical (unpaired) electrons. The van der Waals surface area contributed by atoms with Gasteiger partial charge < -0.3 is 11.1 Å². The molecular formula is C14H20Cl2N2O. The fourth-order valence-corrected chi connectivity index (χ4v) is 1.82. The van der Waals surface area contributed by atoms with Gasteiger partial charge in [-0.1, -0.05) is 50.9 Å². The summed E-state index contributed by atoms with van der Waals surface area (Å²) in [6.07, 6.45) is 0. The first-order chi connectivity index (χ1) is 8.65. The second-order valence-corrected chi connectivity index (χ2v) is 6.49.